The van der Waals surface area contributed by atoms with Crippen molar-refractivity contribution in [3.05, 3.63) is 39.1 Å². The molecular formula is C12H9N3O3S2. The minimum atomic E-state index is -0.329. The first-order chi connectivity index (χ1) is 9.63. The molecule has 2 aromatic rings. The molecule has 0 aliphatic carbocycles. The highest BCUT2D eigenvalue weighted by molar-refractivity contribution is 8.18. The molecule has 3 rings (SSSR count). The highest BCUT2D eigenvalue weighted by atomic mass is 32.2. The van der Waals surface area contributed by atoms with Crippen molar-refractivity contribution in [1.82, 2.24) is 15.1 Å². The fourth-order valence-corrected chi connectivity index (χ4v) is 3.24. The molecule has 1 saturated heterocycles. The highest BCUT2D eigenvalue weighted by Gasteiger charge is 2.36. The number of aryl methyl sites for hydroxylation is 1. The van der Waals surface area contributed by atoms with Crippen LogP contribution in [0, 0.1) is 6.92 Å². The first kappa shape index (κ1) is 13.1. The van der Waals surface area contributed by atoms with Crippen LogP contribution in [0.5, 0.6) is 0 Å². The van der Waals surface area contributed by atoms with Crippen LogP contribution in [0.15, 0.2) is 26.8 Å². The van der Waals surface area contributed by atoms with Crippen LogP contribution in [-0.2, 0) is 11.3 Å². The number of nitrogens with zero attached hydrogens (tertiary/aromatic N) is 3. The van der Waals surface area contributed by atoms with Gasteiger partial charge in [0.1, 0.15) is 6.54 Å². The van der Waals surface area contributed by atoms with E-state index in [1.54, 1.807) is 13.0 Å². The van der Waals surface area contributed by atoms with Crippen LogP contribution in [0.4, 0.5) is 4.79 Å². The second-order valence-electron chi connectivity index (χ2n) is 4.00. The number of hydrogen-bond acceptors (Lipinski definition) is 7. The lowest BCUT2D eigenvalue weighted by molar-refractivity contribution is -0.123. The van der Waals surface area contributed by atoms with Crippen molar-refractivity contribution in [2.45, 2.75) is 13.5 Å². The zero-order valence-electron chi connectivity index (χ0n) is 10.4. The summed E-state index contributed by atoms with van der Waals surface area (Å²) < 4.78 is 5.19. The summed E-state index contributed by atoms with van der Waals surface area (Å²) in [6.07, 6.45) is 1.72. The SMILES string of the molecule is Cc1nnc(CN2C(=O)S/C(=C\c3cccs3)C2=O)o1. The van der Waals surface area contributed by atoms with Gasteiger partial charge >= 0.3 is 0 Å². The van der Waals surface area contributed by atoms with E-state index in [4.69, 9.17) is 4.42 Å². The van der Waals surface area contributed by atoms with E-state index in [0.717, 1.165) is 21.5 Å². The summed E-state index contributed by atoms with van der Waals surface area (Å²) >= 11 is 2.43. The second kappa shape index (κ2) is 5.22. The lowest BCUT2D eigenvalue weighted by atomic mass is 10.3. The zero-order valence-corrected chi connectivity index (χ0v) is 12.0. The van der Waals surface area contributed by atoms with Gasteiger partial charge in [0.25, 0.3) is 11.1 Å². The Morgan fingerprint density at radius 3 is 2.90 bits per heavy atom. The van der Waals surface area contributed by atoms with Gasteiger partial charge in [-0.25, -0.2) is 0 Å². The van der Waals surface area contributed by atoms with Crippen molar-refractivity contribution in [2.24, 2.45) is 0 Å². The number of hydrogen-bond donors (Lipinski definition) is 0. The molecule has 2 amide bonds. The summed E-state index contributed by atoms with van der Waals surface area (Å²) in [5, 5.41) is 9.05. The van der Waals surface area contributed by atoms with Crippen LogP contribution < -0.4 is 0 Å². The number of aromatic nitrogens is 2. The third-order valence-corrected chi connectivity index (χ3v) is 4.28. The molecule has 2 aromatic heterocycles. The highest BCUT2D eigenvalue weighted by Crippen LogP contribution is 2.33. The molecule has 1 fully saturated rings. The summed E-state index contributed by atoms with van der Waals surface area (Å²) in [6.45, 7) is 1.66. The van der Waals surface area contributed by atoms with Crippen molar-refractivity contribution < 1.29 is 14.0 Å². The first-order valence-electron chi connectivity index (χ1n) is 5.71. The quantitative estimate of drug-likeness (QED) is 0.811. The van der Waals surface area contributed by atoms with Crippen molar-refractivity contribution in [3.8, 4) is 0 Å². The number of imide groups is 1. The summed E-state index contributed by atoms with van der Waals surface area (Å²) in [5.74, 6) is 0.326. The molecule has 102 valence electrons. The van der Waals surface area contributed by atoms with Gasteiger partial charge in [-0.05, 0) is 29.3 Å². The van der Waals surface area contributed by atoms with Gasteiger partial charge in [0.2, 0.25) is 11.8 Å². The van der Waals surface area contributed by atoms with E-state index in [1.165, 1.54) is 11.3 Å². The predicted octanol–water partition coefficient (Wildman–Crippen LogP) is 2.68. The van der Waals surface area contributed by atoms with E-state index in [0.29, 0.717) is 10.8 Å². The molecule has 0 unspecified atom stereocenters. The van der Waals surface area contributed by atoms with Gasteiger partial charge < -0.3 is 4.42 Å². The number of rotatable bonds is 3. The standard InChI is InChI=1S/C12H9N3O3S2/c1-7-13-14-10(18-7)6-15-11(16)9(20-12(15)17)5-8-3-2-4-19-8/h2-5H,6H2,1H3/b9-5-. The van der Waals surface area contributed by atoms with Crippen LogP contribution >= 0.6 is 23.1 Å². The van der Waals surface area contributed by atoms with Crippen molar-refractivity contribution in [1.29, 1.82) is 0 Å². The average molecular weight is 307 g/mol. The molecule has 1 aliphatic rings. The monoisotopic (exact) mass is 307 g/mol. The Balaban J connectivity index is 1.80. The fourth-order valence-electron chi connectivity index (χ4n) is 1.68. The molecule has 0 N–H and O–H groups in total. The van der Waals surface area contributed by atoms with Crippen LogP contribution in [0.3, 0.4) is 0 Å². The second-order valence-corrected chi connectivity index (χ2v) is 5.97. The maximum Gasteiger partial charge on any atom is 0.294 e. The van der Waals surface area contributed by atoms with Crippen molar-refractivity contribution in [3.63, 3.8) is 0 Å². The number of thiophene rings is 1. The van der Waals surface area contributed by atoms with Crippen LogP contribution in [0.2, 0.25) is 0 Å². The van der Waals surface area contributed by atoms with Crippen LogP contribution in [-0.4, -0.2) is 26.2 Å². The van der Waals surface area contributed by atoms with E-state index in [-0.39, 0.29) is 23.6 Å². The third kappa shape index (κ3) is 2.52. The largest absolute Gasteiger partial charge is 0.424 e. The Kier molecular flexibility index (Phi) is 3.41. The molecule has 6 nitrogen and oxygen atoms in total. The van der Waals surface area contributed by atoms with Gasteiger partial charge in [0.15, 0.2) is 0 Å². The molecule has 1 aliphatic heterocycles. The molecule has 8 heteroatoms. The third-order valence-electron chi connectivity index (χ3n) is 2.55. The average Bonchev–Trinajstić information content (AvgIpc) is 3.10. The summed E-state index contributed by atoms with van der Waals surface area (Å²) in [6, 6.07) is 3.78. The van der Waals surface area contributed by atoms with Gasteiger partial charge in [-0.15, -0.1) is 21.5 Å². The minimum Gasteiger partial charge on any atom is -0.424 e. The van der Waals surface area contributed by atoms with Gasteiger partial charge in [0, 0.05) is 11.8 Å². The van der Waals surface area contributed by atoms with Gasteiger partial charge in [-0.3, -0.25) is 14.5 Å². The van der Waals surface area contributed by atoms with E-state index in [1.807, 2.05) is 17.5 Å². The molecule has 3 heterocycles. The van der Waals surface area contributed by atoms with Crippen LogP contribution in [0.1, 0.15) is 16.7 Å². The first-order valence-corrected chi connectivity index (χ1v) is 7.41. The summed E-state index contributed by atoms with van der Waals surface area (Å²) in [4.78, 5) is 26.5. The van der Waals surface area contributed by atoms with Crippen molar-refractivity contribution in [2.75, 3.05) is 0 Å². The van der Waals surface area contributed by atoms with E-state index >= 15 is 0 Å². The molecule has 0 radical (unpaired) electrons. The topological polar surface area (TPSA) is 76.3 Å². The Morgan fingerprint density at radius 1 is 1.40 bits per heavy atom. The lowest BCUT2D eigenvalue weighted by Gasteiger charge is -2.08. The molecule has 0 atom stereocenters. The smallest absolute Gasteiger partial charge is 0.294 e. The lowest BCUT2D eigenvalue weighted by Crippen LogP contribution is -2.27. The minimum absolute atomic E-state index is 0.00723. The zero-order chi connectivity index (χ0) is 14.1. The molecule has 0 bridgehead atoms. The molecule has 0 saturated carbocycles. The molecule has 20 heavy (non-hydrogen) atoms. The van der Waals surface area contributed by atoms with E-state index < -0.39 is 0 Å². The summed E-state index contributed by atoms with van der Waals surface area (Å²) in [5.41, 5.74) is 0. The summed E-state index contributed by atoms with van der Waals surface area (Å²) in [7, 11) is 0. The number of carbonyl (C=O) groups is 2. The molecule has 0 aromatic carbocycles. The normalized spacial score (nSPS) is 17.4. The van der Waals surface area contributed by atoms with Gasteiger partial charge in [-0.2, -0.15) is 0 Å². The van der Waals surface area contributed by atoms with E-state index in [9.17, 15) is 9.59 Å². The van der Waals surface area contributed by atoms with Gasteiger partial charge in [0.05, 0.1) is 4.91 Å². The fraction of sp³-hybridized carbons (Fsp3) is 0.167. The maximum absolute atomic E-state index is 12.2. The molecule has 0 spiro atoms. The van der Waals surface area contributed by atoms with Crippen molar-refractivity contribution >= 4 is 40.3 Å². The molecular weight excluding hydrogens is 298 g/mol. The number of amides is 2. The Bertz CT molecular complexity index is 691. The Morgan fingerprint density at radius 2 is 2.25 bits per heavy atom. The van der Waals surface area contributed by atoms with E-state index in [2.05, 4.69) is 10.2 Å². The number of thioether (sulfide) groups is 1. The van der Waals surface area contributed by atoms with Crippen LogP contribution in [0.25, 0.3) is 6.08 Å². The Hall–Kier alpha value is -1.93. The van der Waals surface area contributed by atoms with Gasteiger partial charge in [-0.1, -0.05) is 6.07 Å². The maximum atomic E-state index is 12.2. The predicted molar refractivity (Wildman–Crippen MR) is 74.9 cm³/mol. The Labute approximate surface area is 122 Å². The number of carbonyl (C=O) groups excluding carboxylic acids is 2.